The van der Waals surface area contributed by atoms with Gasteiger partial charge in [0.25, 0.3) is 0 Å². The number of allylic oxidation sites excluding steroid dienone is 1. The molecule has 196 valence electrons. The second-order valence-electron chi connectivity index (χ2n) is 10.8. The van der Waals surface area contributed by atoms with Crippen LogP contribution in [0.3, 0.4) is 0 Å². The molecule has 0 unspecified atom stereocenters. The Kier molecular flexibility index (Phi) is 7.91. The number of carboxylic acids is 1. The number of hydrogen-bond donors (Lipinski definition) is 2. The molecular formula is C30H39N5O2. The van der Waals surface area contributed by atoms with Gasteiger partial charge in [-0.1, -0.05) is 36.4 Å². The number of carboxylic acid groups (broad SMARTS) is 1. The molecule has 3 heterocycles. The second-order valence-corrected chi connectivity index (χ2v) is 10.8. The van der Waals surface area contributed by atoms with Gasteiger partial charge in [0, 0.05) is 31.1 Å². The summed E-state index contributed by atoms with van der Waals surface area (Å²) >= 11 is 0. The van der Waals surface area contributed by atoms with Gasteiger partial charge in [-0.25, -0.2) is 0 Å². The average Bonchev–Trinajstić information content (AvgIpc) is 3.26. The number of likely N-dealkylation sites (tertiary alicyclic amines) is 1. The zero-order chi connectivity index (χ0) is 25.8. The molecule has 0 atom stereocenters. The van der Waals surface area contributed by atoms with E-state index < -0.39 is 5.97 Å². The van der Waals surface area contributed by atoms with Crippen molar-refractivity contribution < 1.29 is 9.90 Å². The minimum atomic E-state index is -0.751. The number of aromatic nitrogens is 2. The van der Waals surface area contributed by atoms with E-state index in [2.05, 4.69) is 83.6 Å². The molecule has 0 saturated carbocycles. The van der Waals surface area contributed by atoms with Gasteiger partial charge in [-0.15, -0.1) is 0 Å². The maximum Gasteiger partial charge on any atom is 0.317 e. The summed E-state index contributed by atoms with van der Waals surface area (Å²) in [4.78, 5) is 15.3. The Morgan fingerprint density at radius 1 is 1.08 bits per heavy atom. The number of hydrogen-bond acceptors (Lipinski definition) is 5. The Bertz CT molecular complexity index is 1230. The number of rotatable bonds is 8. The molecule has 0 spiro atoms. The van der Waals surface area contributed by atoms with E-state index in [9.17, 15) is 4.79 Å². The summed E-state index contributed by atoms with van der Waals surface area (Å²) in [5.41, 5.74) is 5.97. The quantitative estimate of drug-likeness (QED) is 0.476. The van der Waals surface area contributed by atoms with Crippen molar-refractivity contribution in [2.24, 2.45) is 5.92 Å². The molecule has 0 amide bonds. The maximum atomic E-state index is 11.1. The summed E-state index contributed by atoms with van der Waals surface area (Å²) < 4.78 is 2.17. The van der Waals surface area contributed by atoms with Crippen molar-refractivity contribution in [3.05, 3.63) is 65.4 Å². The summed E-state index contributed by atoms with van der Waals surface area (Å²) in [6, 6.07) is 15.5. The fourth-order valence-electron chi connectivity index (χ4n) is 5.65. The summed E-state index contributed by atoms with van der Waals surface area (Å²) in [6.07, 6.45) is 8.93. The van der Waals surface area contributed by atoms with Crippen molar-refractivity contribution >= 4 is 28.6 Å². The Morgan fingerprint density at radius 3 is 2.49 bits per heavy atom. The van der Waals surface area contributed by atoms with E-state index in [-0.39, 0.29) is 6.54 Å². The molecule has 0 radical (unpaired) electrons. The highest BCUT2D eigenvalue weighted by molar-refractivity contribution is 5.85. The Morgan fingerprint density at radius 2 is 1.81 bits per heavy atom. The molecule has 0 aliphatic carbocycles. The molecule has 2 aliphatic heterocycles. The van der Waals surface area contributed by atoms with E-state index in [0.29, 0.717) is 11.8 Å². The van der Waals surface area contributed by atoms with Crippen LogP contribution in [0.15, 0.2) is 48.5 Å². The second kappa shape index (κ2) is 11.5. The van der Waals surface area contributed by atoms with Gasteiger partial charge in [0.2, 0.25) is 0 Å². The number of nitrogens with one attached hydrogen (secondary N) is 1. The average molecular weight is 502 g/mol. The summed E-state index contributed by atoms with van der Waals surface area (Å²) in [6.45, 7) is 4.65. The Labute approximate surface area is 219 Å². The van der Waals surface area contributed by atoms with Crippen LogP contribution in [0.5, 0.6) is 0 Å². The van der Waals surface area contributed by atoms with Gasteiger partial charge < -0.3 is 15.3 Å². The zero-order valence-corrected chi connectivity index (χ0v) is 22.1. The molecule has 2 saturated heterocycles. The van der Waals surface area contributed by atoms with Crippen molar-refractivity contribution in [2.75, 3.05) is 51.7 Å². The summed E-state index contributed by atoms with van der Waals surface area (Å²) in [5, 5.41) is 19.0. The van der Waals surface area contributed by atoms with Crippen LogP contribution in [0.25, 0.3) is 17.0 Å². The number of benzene rings is 2. The molecule has 7 nitrogen and oxygen atoms in total. The minimum Gasteiger partial charge on any atom is -0.480 e. The molecule has 5 rings (SSSR count). The lowest BCUT2D eigenvalue weighted by molar-refractivity contribution is -0.138. The minimum absolute atomic E-state index is 0.123. The third-order valence-electron chi connectivity index (χ3n) is 7.87. The smallest absolute Gasteiger partial charge is 0.317 e. The third-order valence-corrected chi connectivity index (χ3v) is 7.87. The van der Waals surface area contributed by atoms with Gasteiger partial charge in [0.05, 0.1) is 24.3 Å². The van der Waals surface area contributed by atoms with Crippen LogP contribution in [-0.2, 0) is 11.3 Å². The summed E-state index contributed by atoms with van der Waals surface area (Å²) in [5.74, 6) is 0.239. The number of anilines is 1. The van der Waals surface area contributed by atoms with E-state index in [0.717, 1.165) is 51.3 Å². The van der Waals surface area contributed by atoms with Gasteiger partial charge in [0.1, 0.15) is 0 Å². The molecule has 3 aromatic rings. The predicted molar refractivity (Wildman–Crippen MR) is 150 cm³/mol. The van der Waals surface area contributed by atoms with Gasteiger partial charge >= 0.3 is 5.97 Å². The third kappa shape index (κ3) is 6.22. The van der Waals surface area contributed by atoms with Crippen LogP contribution >= 0.6 is 0 Å². The largest absolute Gasteiger partial charge is 0.480 e. The number of fused-ring (bicyclic) bond motifs is 1. The van der Waals surface area contributed by atoms with E-state index >= 15 is 0 Å². The standard InChI is InChI=1S/C30H39N5O2/c1-33(2)26-8-5-24(6-9-26)20-35-28-19-23(4-3-22-11-15-31-16-12-22)7-10-27(28)30(32-35)25-13-17-34(18-14-25)21-29(36)37/h3-10,19,22,25,31H,11-18,20-21H2,1-2H3,(H,36,37)/b4-3+. The van der Waals surface area contributed by atoms with Crippen molar-refractivity contribution in [1.82, 2.24) is 20.0 Å². The van der Waals surface area contributed by atoms with E-state index in [4.69, 9.17) is 10.2 Å². The van der Waals surface area contributed by atoms with Crippen LogP contribution in [0, 0.1) is 5.92 Å². The molecule has 37 heavy (non-hydrogen) atoms. The lowest BCUT2D eigenvalue weighted by atomic mass is 9.91. The van der Waals surface area contributed by atoms with Crippen molar-refractivity contribution in [1.29, 1.82) is 0 Å². The molecule has 2 fully saturated rings. The van der Waals surface area contributed by atoms with Crippen LogP contribution in [0.4, 0.5) is 5.69 Å². The first-order valence-corrected chi connectivity index (χ1v) is 13.6. The monoisotopic (exact) mass is 501 g/mol. The van der Waals surface area contributed by atoms with E-state index in [1.165, 1.54) is 40.6 Å². The number of piperidine rings is 2. The first kappa shape index (κ1) is 25.5. The van der Waals surface area contributed by atoms with Gasteiger partial charge in [-0.05, 0) is 87.1 Å². The van der Waals surface area contributed by atoms with Crippen LogP contribution < -0.4 is 10.2 Å². The van der Waals surface area contributed by atoms with Crippen molar-refractivity contribution in [3.8, 4) is 0 Å². The number of nitrogens with zero attached hydrogens (tertiary/aromatic N) is 4. The maximum absolute atomic E-state index is 11.1. The molecule has 2 aromatic carbocycles. The zero-order valence-electron chi connectivity index (χ0n) is 22.1. The topological polar surface area (TPSA) is 73.6 Å². The summed E-state index contributed by atoms with van der Waals surface area (Å²) in [7, 11) is 4.12. The van der Waals surface area contributed by atoms with Crippen LogP contribution in [0.1, 0.15) is 48.4 Å². The number of carbonyl (C=O) groups is 1. The normalized spacial score (nSPS) is 18.1. The molecule has 2 aliphatic rings. The fraction of sp³-hybridized carbons (Fsp3) is 0.467. The lowest BCUT2D eigenvalue weighted by Crippen LogP contribution is -2.36. The molecule has 7 heteroatoms. The Balaban J connectivity index is 1.43. The molecule has 2 N–H and O–H groups in total. The SMILES string of the molecule is CN(C)c1ccc(Cn2nc(C3CCN(CC(=O)O)CC3)c3ccc(/C=C/C4CCNCC4)cc32)cc1. The van der Waals surface area contributed by atoms with E-state index in [1.807, 2.05) is 4.90 Å². The lowest BCUT2D eigenvalue weighted by Gasteiger charge is -2.30. The fourth-order valence-corrected chi connectivity index (χ4v) is 5.65. The highest BCUT2D eigenvalue weighted by Crippen LogP contribution is 2.33. The van der Waals surface area contributed by atoms with Crippen LogP contribution in [-0.4, -0.2) is 72.6 Å². The highest BCUT2D eigenvalue weighted by atomic mass is 16.4. The molecule has 0 bridgehead atoms. The first-order valence-electron chi connectivity index (χ1n) is 13.6. The predicted octanol–water partition coefficient (Wildman–Crippen LogP) is 4.43. The van der Waals surface area contributed by atoms with E-state index in [1.54, 1.807) is 0 Å². The van der Waals surface area contributed by atoms with Crippen molar-refractivity contribution in [2.45, 2.75) is 38.1 Å². The number of aliphatic carboxylic acids is 1. The van der Waals surface area contributed by atoms with Gasteiger partial charge in [-0.2, -0.15) is 5.10 Å². The van der Waals surface area contributed by atoms with Crippen LogP contribution in [0.2, 0.25) is 0 Å². The van der Waals surface area contributed by atoms with Gasteiger partial charge in [-0.3, -0.25) is 14.4 Å². The first-order chi connectivity index (χ1) is 18.0. The molecule has 1 aromatic heterocycles. The van der Waals surface area contributed by atoms with Crippen molar-refractivity contribution in [3.63, 3.8) is 0 Å². The Hall–Kier alpha value is -3.16. The van der Waals surface area contributed by atoms with Gasteiger partial charge in [0.15, 0.2) is 0 Å². The molecular weight excluding hydrogens is 462 g/mol. The highest BCUT2D eigenvalue weighted by Gasteiger charge is 2.26.